The molecule has 1 heterocycles. The molecule has 3 nitrogen and oxygen atoms in total. The maximum atomic E-state index is 12.3. The highest BCUT2D eigenvalue weighted by Gasteiger charge is 2.36. The summed E-state index contributed by atoms with van der Waals surface area (Å²) in [5, 5.41) is 3.25. The number of alkyl halides is 3. The number of halogens is 3. The Morgan fingerprint density at radius 3 is 2.50 bits per heavy atom. The highest BCUT2D eigenvalue weighted by atomic mass is 32.1. The van der Waals surface area contributed by atoms with Gasteiger partial charge in [0.15, 0.2) is 0 Å². The molecule has 0 aliphatic heterocycles. The third kappa shape index (κ3) is 3.34. The van der Waals surface area contributed by atoms with Crippen LogP contribution in [-0.4, -0.2) is 15.9 Å². The Morgan fingerprint density at radius 1 is 1.28 bits per heavy atom. The Balaban J connectivity index is 1.92. The van der Waals surface area contributed by atoms with Crippen LogP contribution in [0.25, 0.3) is 0 Å². The van der Waals surface area contributed by atoms with Gasteiger partial charge in [-0.2, -0.15) is 22.5 Å². The summed E-state index contributed by atoms with van der Waals surface area (Å²) in [5.41, 5.74) is 0.169. The molecule has 0 spiro atoms. The molecule has 1 aromatic heterocycles. The molecular formula is C11H16F3N3S. The van der Waals surface area contributed by atoms with E-state index in [1.807, 2.05) is 0 Å². The number of hydrogen-bond donors (Lipinski definition) is 1. The average molecular weight is 279 g/mol. The molecule has 0 saturated heterocycles. The predicted molar refractivity (Wildman–Crippen MR) is 64.6 cm³/mol. The summed E-state index contributed by atoms with van der Waals surface area (Å²) in [5.74, 6) is -1.05. The fourth-order valence-corrected chi connectivity index (χ4v) is 2.86. The number of hydrogen-bond acceptors (Lipinski definition) is 4. The van der Waals surface area contributed by atoms with E-state index in [4.69, 9.17) is 0 Å². The fourth-order valence-electron chi connectivity index (χ4n) is 2.28. The van der Waals surface area contributed by atoms with Gasteiger partial charge in [-0.3, -0.25) is 0 Å². The van der Waals surface area contributed by atoms with E-state index in [9.17, 15) is 13.2 Å². The number of nitrogens with one attached hydrogen (secondary N) is 1. The minimum Gasteiger partial charge on any atom is -0.360 e. The summed E-state index contributed by atoms with van der Waals surface area (Å²) in [6, 6.07) is 0. The molecule has 0 atom stereocenters. The minimum absolute atomic E-state index is 0.169. The first-order valence-electron chi connectivity index (χ1n) is 6.04. The van der Waals surface area contributed by atoms with Crippen molar-refractivity contribution in [3.05, 3.63) is 5.82 Å². The molecule has 18 heavy (non-hydrogen) atoms. The SMILES string of the molecule is CC1(CNc2nc(C(F)(F)F)ns2)CCCCC1. The van der Waals surface area contributed by atoms with Crippen molar-refractivity contribution in [1.82, 2.24) is 9.36 Å². The van der Waals surface area contributed by atoms with Gasteiger partial charge in [0.05, 0.1) is 0 Å². The van der Waals surface area contributed by atoms with Crippen LogP contribution in [0.5, 0.6) is 0 Å². The van der Waals surface area contributed by atoms with E-state index in [2.05, 4.69) is 21.6 Å². The van der Waals surface area contributed by atoms with Gasteiger partial charge in [0.1, 0.15) is 0 Å². The molecule has 102 valence electrons. The van der Waals surface area contributed by atoms with Crippen LogP contribution in [0.15, 0.2) is 0 Å². The van der Waals surface area contributed by atoms with E-state index in [0.29, 0.717) is 6.54 Å². The third-order valence-electron chi connectivity index (χ3n) is 3.41. The van der Waals surface area contributed by atoms with Crippen molar-refractivity contribution in [2.24, 2.45) is 5.41 Å². The summed E-state index contributed by atoms with van der Waals surface area (Å²) in [6.45, 7) is 2.84. The number of rotatable bonds is 3. The van der Waals surface area contributed by atoms with Gasteiger partial charge in [-0.1, -0.05) is 26.2 Å². The molecule has 1 saturated carbocycles. The van der Waals surface area contributed by atoms with Crippen molar-refractivity contribution in [2.75, 3.05) is 11.9 Å². The molecule has 0 aromatic carbocycles. The highest BCUT2D eigenvalue weighted by molar-refractivity contribution is 7.09. The Labute approximate surface area is 108 Å². The van der Waals surface area contributed by atoms with Gasteiger partial charge in [0.25, 0.3) is 0 Å². The number of aromatic nitrogens is 2. The largest absolute Gasteiger partial charge is 0.452 e. The van der Waals surface area contributed by atoms with Crippen LogP contribution in [0.4, 0.5) is 18.3 Å². The maximum absolute atomic E-state index is 12.3. The lowest BCUT2D eigenvalue weighted by molar-refractivity contribution is -0.144. The molecule has 0 unspecified atom stereocenters. The lowest BCUT2D eigenvalue weighted by Crippen LogP contribution is -2.28. The summed E-state index contributed by atoms with van der Waals surface area (Å²) >= 11 is 0.771. The Hall–Kier alpha value is -0.850. The lowest BCUT2D eigenvalue weighted by atomic mass is 9.76. The fraction of sp³-hybridized carbons (Fsp3) is 0.818. The lowest BCUT2D eigenvalue weighted by Gasteiger charge is -2.33. The summed E-state index contributed by atoms with van der Waals surface area (Å²) in [7, 11) is 0. The zero-order valence-corrected chi connectivity index (χ0v) is 11.0. The highest BCUT2D eigenvalue weighted by Crippen LogP contribution is 2.36. The second-order valence-corrected chi connectivity index (χ2v) is 5.90. The predicted octanol–water partition coefficient (Wildman–Crippen LogP) is 3.94. The first-order valence-corrected chi connectivity index (χ1v) is 6.81. The molecule has 0 amide bonds. The van der Waals surface area contributed by atoms with Gasteiger partial charge in [-0.05, 0) is 18.3 Å². The summed E-state index contributed by atoms with van der Waals surface area (Å²) < 4.78 is 40.3. The zero-order chi connectivity index (χ0) is 13.2. The Kier molecular flexibility index (Phi) is 3.79. The Bertz CT molecular complexity index is 396. The van der Waals surface area contributed by atoms with Gasteiger partial charge in [0.2, 0.25) is 11.0 Å². The molecule has 2 rings (SSSR count). The molecule has 1 aromatic rings. The van der Waals surface area contributed by atoms with E-state index in [1.54, 1.807) is 0 Å². The van der Waals surface area contributed by atoms with Crippen LogP contribution in [-0.2, 0) is 6.18 Å². The molecule has 7 heteroatoms. The van der Waals surface area contributed by atoms with E-state index >= 15 is 0 Å². The van der Waals surface area contributed by atoms with Crippen molar-refractivity contribution in [3.8, 4) is 0 Å². The van der Waals surface area contributed by atoms with Crippen molar-refractivity contribution < 1.29 is 13.2 Å². The second kappa shape index (κ2) is 5.03. The van der Waals surface area contributed by atoms with Crippen molar-refractivity contribution in [3.63, 3.8) is 0 Å². The normalized spacial score (nSPS) is 19.8. The van der Waals surface area contributed by atoms with E-state index < -0.39 is 12.0 Å². The van der Waals surface area contributed by atoms with Gasteiger partial charge in [-0.25, -0.2) is 0 Å². The monoisotopic (exact) mass is 279 g/mol. The summed E-state index contributed by atoms with van der Waals surface area (Å²) in [6.07, 6.45) is 1.43. The topological polar surface area (TPSA) is 37.8 Å². The van der Waals surface area contributed by atoms with Crippen LogP contribution in [0, 0.1) is 5.41 Å². The van der Waals surface area contributed by atoms with Gasteiger partial charge >= 0.3 is 6.18 Å². The van der Waals surface area contributed by atoms with Crippen molar-refractivity contribution in [1.29, 1.82) is 0 Å². The maximum Gasteiger partial charge on any atom is 0.452 e. The first kappa shape index (κ1) is 13.6. The smallest absolute Gasteiger partial charge is 0.360 e. The van der Waals surface area contributed by atoms with E-state index in [0.717, 1.165) is 24.4 Å². The van der Waals surface area contributed by atoms with Gasteiger partial charge in [-0.15, -0.1) is 0 Å². The molecule has 1 fully saturated rings. The average Bonchev–Trinajstić information content (AvgIpc) is 2.76. The van der Waals surface area contributed by atoms with Crippen LogP contribution < -0.4 is 5.32 Å². The third-order valence-corrected chi connectivity index (χ3v) is 4.08. The molecule has 0 bridgehead atoms. The quantitative estimate of drug-likeness (QED) is 0.910. The number of anilines is 1. The standard InChI is InChI=1S/C11H16F3N3S/c1-10(5-3-2-4-6-10)7-15-9-16-8(17-18-9)11(12,13)14/h2-7H2,1H3,(H,15,16,17). The molecule has 1 N–H and O–H groups in total. The number of nitrogens with zero attached hydrogens (tertiary/aromatic N) is 2. The van der Waals surface area contributed by atoms with Gasteiger partial charge in [0, 0.05) is 18.1 Å². The molecule has 1 aliphatic rings. The van der Waals surface area contributed by atoms with Crippen molar-refractivity contribution in [2.45, 2.75) is 45.2 Å². The molecular weight excluding hydrogens is 263 g/mol. The van der Waals surface area contributed by atoms with E-state index in [-0.39, 0.29) is 10.5 Å². The van der Waals surface area contributed by atoms with E-state index in [1.165, 1.54) is 19.3 Å². The zero-order valence-electron chi connectivity index (χ0n) is 10.2. The van der Waals surface area contributed by atoms with Crippen LogP contribution in [0.3, 0.4) is 0 Å². The second-order valence-electron chi connectivity index (χ2n) is 5.15. The van der Waals surface area contributed by atoms with Crippen LogP contribution in [0.2, 0.25) is 0 Å². The molecule has 1 aliphatic carbocycles. The van der Waals surface area contributed by atoms with Crippen LogP contribution >= 0.6 is 11.5 Å². The minimum atomic E-state index is -4.45. The van der Waals surface area contributed by atoms with Crippen molar-refractivity contribution >= 4 is 16.7 Å². The van der Waals surface area contributed by atoms with Crippen LogP contribution in [0.1, 0.15) is 44.9 Å². The Morgan fingerprint density at radius 2 is 1.94 bits per heavy atom. The summed E-state index contributed by atoms with van der Waals surface area (Å²) in [4.78, 5) is 3.47. The van der Waals surface area contributed by atoms with Gasteiger partial charge < -0.3 is 5.32 Å². The first-order chi connectivity index (χ1) is 8.39. The molecule has 0 radical (unpaired) electrons.